The highest BCUT2D eigenvalue weighted by Crippen LogP contribution is 2.48. The highest BCUT2D eigenvalue weighted by atomic mass is 35.5. The molecule has 1 aromatic carbocycles. The standard InChI is InChI=1S/C26H28Cl2N8O4S/c1-5-20(37)31-16-6-7-40-13-17(16)32-25-29-9-14-11-35(23-21(27)18(38-3)8-19(39-4)22(23)28)26(41)36(24(14)33-25)15-10-30-34(2)12-15/h5,8-10,12,16-17H,1,6-7,11,13H2,2-4H3,(H,31,37)(H,29,32,33)/t16-,17+/m0/s1. The first-order chi connectivity index (χ1) is 19.7. The number of amides is 1. The number of rotatable bonds is 8. The van der Waals surface area contributed by atoms with Crippen LogP contribution in [0.5, 0.6) is 11.5 Å². The Labute approximate surface area is 252 Å². The van der Waals surface area contributed by atoms with Crippen molar-refractivity contribution in [2.45, 2.75) is 25.0 Å². The smallest absolute Gasteiger partial charge is 0.243 e. The molecule has 1 fully saturated rings. The molecule has 0 bridgehead atoms. The summed E-state index contributed by atoms with van der Waals surface area (Å²) in [6, 6.07) is 1.17. The average molecular weight is 620 g/mol. The van der Waals surface area contributed by atoms with Gasteiger partial charge in [0.25, 0.3) is 0 Å². The Morgan fingerprint density at radius 2 is 1.95 bits per heavy atom. The SMILES string of the molecule is C=CC(=O)N[C@H]1CCOC[C@H]1Nc1ncc2c(n1)N(c1cnn(C)c1)C(=S)N(c1c(Cl)c(OC)cc(OC)c1Cl)C2. The first-order valence-corrected chi connectivity index (χ1v) is 13.8. The number of hydrogen-bond acceptors (Lipinski definition) is 9. The van der Waals surface area contributed by atoms with Crippen molar-refractivity contribution in [1.29, 1.82) is 0 Å². The van der Waals surface area contributed by atoms with Crippen LogP contribution in [0.1, 0.15) is 12.0 Å². The summed E-state index contributed by atoms with van der Waals surface area (Å²) < 4.78 is 18.3. The van der Waals surface area contributed by atoms with Crippen molar-refractivity contribution in [3.63, 3.8) is 0 Å². The molecule has 0 radical (unpaired) electrons. The fourth-order valence-corrected chi connectivity index (χ4v) is 5.78. The van der Waals surface area contributed by atoms with Gasteiger partial charge in [-0.2, -0.15) is 10.1 Å². The van der Waals surface area contributed by atoms with Gasteiger partial charge in [-0.15, -0.1) is 0 Å². The summed E-state index contributed by atoms with van der Waals surface area (Å²) in [5.41, 5.74) is 1.85. The first kappa shape index (κ1) is 28.9. The lowest BCUT2D eigenvalue weighted by atomic mass is 10.0. The van der Waals surface area contributed by atoms with Crippen LogP contribution in [-0.4, -0.2) is 70.3 Å². The molecule has 2 atom stereocenters. The van der Waals surface area contributed by atoms with E-state index in [-0.39, 0.29) is 34.6 Å². The van der Waals surface area contributed by atoms with Crippen LogP contribution in [0.2, 0.25) is 10.0 Å². The largest absolute Gasteiger partial charge is 0.495 e. The average Bonchev–Trinajstić information content (AvgIpc) is 3.40. The number of benzene rings is 1. The third-order valence-electron chi connectivity index (χ3n) is 6.76. The number of ether oxygens (including phenoxy) is 3. The van der Waals surface area contributed by atoms with Crippen molar-refractivity contribution in [2.75, 3.05) is 42.5 Å². The van der Waals surface area contributed by atoms with Gasteiger partial charge in [0.05, 0.1) is 57.0 Å². The molecule has 5 rings (SSSR count). The molecule has 2 aliphatic heterocycles. The summed E-state index contributed by atoms with van der Waals surface area (Å²) >= 11 is 19.6. The number of hydrogen-bond donors (Lipinski definition) is 2. The molecule has 1 amide bonds. The molecule has 0 unspecified atom stereocenters. The number of methoxy groups -OCH3 is 2. The van der Waals surface area contributed by atoms with Gasteiger partial charge in [0.2, 0.25) is 11.9 Å². The monoisotopic (exact) mass is 618 g/mol. The zero-order valence-corrected chi connectivity index (χ0v) is 24.9. The Bertz CT molecular complexity index is 1470. The van der Waals surface area contributed by atoms with Gasteiger partial charge < -0.3 is 29.7 Å². The number of carbonyl (C=O) groups is 1. The normalized spacial score (nSPS) is 18.5. The Balaban J connectivity index is 1.55. The second-order valence-corrected chi connectivity index (χ2v) is 10.4. The van der Waals surface area contributed by atoms with Gasteiger partial charge in [-0.3, -0.25) is 14.4 Å². The van der Waals surface area contributed by atoms with Crippen LogP contribution in [0.3, 0.4) is 0 Å². The van der Waals surface area contributed by atoms with Gasteiger partial charge in [0, 0.05) is 37.7 Å². The number of nitrogens with zero attached hydrogens (tertiary/aromatic N) is 6. The molecule has 2 aromatic heterocycles. The van der Waals surface area contributed by atoms with Crippen molar-refractivity contribution in [3.8, 4) is 11.5 Å². The van der Waals surface area contributed by atoms with Crippen LogP contribution >= 0.6 is 35.4 Å². The second kappa shape index (κ2) is 12.1. The van der Waals surface area contributed by atoms with Crippen LogP contribution in [-0.2, 0) is 23.1 Å². The van der Waals surface area contributed by atoms with Crippen molar-refractivity contribution in [3.05, 3.63) is 52.9 Å². The lowest BCUT2D eigenvalue weighted by Gasteiger charge is -2.39. The molecule has 216 valence electrons. The van der Waals surface area contributed by atoms with Crippen LogP contribution in [0, 0.1) is 0 Å². The zero-order valence-electron chi connectivity index (χ0n) is 22.6. The van der Waals surface area contributed by atoms with E-state index in [9.17, 15) is 4.79 Å². The van der Waals surface area contributed by atoms with E-state index in [2.05, 4.69) is 27.3 Å². The summed E-state index contributed by atoms with van der Waals surface area (Å²) in [7, 11) is 4.83. The molecule has 3 aromatic rings. The number of fused-ring (bicyclic) bond motifs is 1. The minimum absolute atomic E-state index is 0.188. The molecule has 2 N–H and O–H groups in total. The Morgan fingerprint density at radius 3 is 2.59 bits per heavy atom. The summed E-state index contributed by atoms with van der Waals surface area (Å²) in [4.78, 5) is 25.0. The topological polar surface area (TPSA) is 119 Å². The van der Waals surface area contributed by atoms with E-state index in [1.54, 1.807) is 32.9 Å². The molecule has 2 aliphatic rings. The fraction of sp³-hybridized carbons (Fsp3) is 0.346. The fourth-order valence-electron chi connectivity index (χ4n) is 4.72. The Kier molecular flexibility index (Phi) is 8.50. The third kappa shape index (κ3) is 5.62. The molecule has 0 saturated carbocycles. The molecule has 41 heavy (non-hydrogen) atoms. The highest BCUT2D eigenvalue weighted by molar-refractivity contribution is 7.80. The summed E-state index contributed by atoms with van der Waals surface area (Å²) in [6.45, 7) is 4.71. The lowest BCUT2D eigenvalue weighted by molar-refractivity contribution is -0.117. The Morgan fingerprint density at radius 1 is 1.22 bits per heavy atom. The molecule has 15 heteroatoms. The van der Waals surface area contributed by atoms with E-state index in [1.165, 1.54) is 20.3 Å². The third-order valence-corrected chi connectivity index (χ3v) is 7.89. The molecular weight excluding hydrogens is 591 g/mol. The first-order valence-electron chi connectivity index (χ1n) is 12.6. The predicted octanol–water partition coefficient (Wildman–Crippen LogP) is 3.85. The molecule has 12 nitrogen and oxygen atoms in total. The summed E-state index contributed by atoms with van der Waals surface area (Å²) in [5, 5.41) is 11.5. The van der Waals surface area contributed by atoms with E-state index in [1.807, 2.05) is 13.2 Å². The van der Waals surface area contributed by atoms with Gasteiger partial charge in [0.15, 0.2) is 5.11 Å². The Hall–Kier alpha value is -3.65. The van der Waals surface area contributed by atoms with Crippen molar-refractivity contribution < 1.29 is 19.0 Å². The predicted molar refractivity (Wildman–Crippen MR) is 161 cm³/mol. The van der Waals surface area contributed by atoms with E-state index >= 15 is 0 Å². The quantitative estimate of drug-likeness (QED) is 0.283. The minimum atomic E-state index is -0.258. The van der Waals surface area contributed by atoms with Gasteiger partial charge in [-0.05, 0) is 24.7 Å². The number of nitrogens with one attached hydrogen (secondary N) is 2. The molecular formula is C26H28Cl2N8O4S. The van der Waals surface area contributed by atoms with Crippen LogP contribution in [0.25, 0.3) is 0 Å². The van der Waals surface area contributed by atoms with Gasteiger partial charge >= 0.3 is 0 Å². The number of anilines is 4. The van der Waals surface area contributed by atoms with E-state index in [0.717, 1.165) is 5.56 Å². The molecule has 0 aliphatic carbocycles. The molecule has 4 heterocycles. The maximum Gasteiger partial charge on any atom is 0.243 e. The minimum Gasteiger partial charge on any atom is -0.495 e. The van der Waals surface area contributed by atoms with Gasteiger partial charge in [-0.25, -0.2) is 4.98 Å². The zero-order chi connectivity index (χ0) is 29.3. The number of aryl methyl sites for hydroxylation is 1. The number of thiocarbonyl (C=S) groups is 1. The van der Waals surface area contributed by atoms with Crippen molar-refractivity contribution >= 4 is 69.6 Å². The summed E-state index contributed by atoms with van der Waals surface area (Å²) in [5.74, 6) is 1.42. The van der Waals surface area contributed by atoms with Gasteiger partial charge in [-0.1, -0.05) is 29.8 Å². The summed E-state index contributed by atoms with van der Waals surface area (Å²) in [6.07, 6.45) is 7.09. The number of carbonyl (C=O) groups excluding carboxylic acids is 1. The van der Waals surface area contributed by atoms with Crippen LogP contribution in [0.15, 0.2) is 37.3 Å². The van der Waals surface area contributed by atoms with E-state index in [4.69, 9.17) is 54.6 Å². The van der Waals surface area contributed by atoms with E-state index in [0.29, 0.717) is 59.4 Å². The molecule has 0 spiro atoms. The van der Waals surface area contributed by atoms with Crippen molar-refractivity contribution in [2.24, 2.45) is 7.05 Å². The van der Waals surface area contributed by atoms with E-state index < -0.39 is 0 Å². The van der Waals surface area contributed by atoms with Crippen LogP contribution in [0.4, 0.5) is 23.1 Å². The maximum absolute atomic E-state index is 12.0. The second-order valence-electron chi connectivity index (χ2n) is 9.31. The number of halogens is 2. The van der Waals surface area contributed by atoms with Crippen LogP contribution < -0.4 is 29.9 Å². The highest BCUT2D eigenvalue weighted by Gasteiger charge is 2.36. The maximum atomic E-state index is 12.0. The number of aromatic nitrogens is 4. The van der Waals surface area contributed by atoms with Crippen molar-refractivity contribution in [1.82, 2.24) is 25.1 Å². The van der Waals surface area contributed by atoms with Gasteiger partial charge in [0.1, 0.15) is 27.4 Å². The lowest BCUT2D eigenvalue weighted by Crippen LogP contribution is -2.52. The molecule has 1 saturated heterocycles.